The zero-order valence-electron chi connectivity index (χ0n) is 13.7. The smallest absolute Gasteiger partial charge is 0.326 e. The van der Waals surface area contributed by atoms with Crippen molar-refractivity contribution in [1.29, 1.82) is 0 Å². The van der Waals surface area contributed by atoms with E-state index in [2.05, 4.69) is 15.5 Å². The molecule has 2 fully saturated rings. The van der Waals surface area contributed by atoms with Crippen LogP contribution in [0.3, 0.4) is 0 Å². The summed E-state index contributed by atoms with van der Waals surface area (Å²) >= 11 is 0. The van der Waals surface area contributed by atoms with Crippen molar-refractivity contribution < 1.29 is 14.7 Å². The Hall–Kier alpha value is -2.77. The van der Waals surface area contributed by atoms with Crippen LogP contribution in [-0.2, 0) is 4.79 Å². The molecule has 25 heavy (non-hydrogen) atoms. The van der Waals surface area contributed by atoms with Crippen LogP contribution in [0, 0.1) is 5.92 Å². The fourth-order valence-electron chi connectivity index (χ4n) is 4.16. The molecule has 4 rings (SSSR count). The van der Waals surface area contributed by atoms with Crippen molar-refractivity contribution in [3.05, 3.63) is 36.2 Å². The number of likely N-dealkylation sites (tertiary alicyclic amines) is 1. The Balaban J connectivity index is 1.61. The quantitative estimate of drug-likeness (QED) is 0.908. The molecule has 130 valence electrons. The molecule has 3 atom stereocenters. The van der Waals surface area contributed by atoms with Gasteiger partial charge in [-0.3, -0.25) is 4.79 Å². The van der Waals surface area contributed by atoms with Crippen LogP contribution in [0.25, 0.3) is 5.69 Å². The summed E-state index contributed by atoms with van der Waals surface area (Å²) in [7, 11) is 0. The summed E-state index contributed by atoms with van der Waals surface area (Å²) in [6.45, 7) is 0. The molecule has 1 saturated carbocycles. The number of carbonyl (C=O) groups is 2. The third-order valence-electron chi connectivity index (χ3n) is 5.34. The van der Waals surface area contributed by atoms with Gasteiger partial charge in [-0.2, -0.15) is 0 Å². The minimum absolute atomic E-state index is 0.0431. The Labute approximate surface area is 144 Å². The number of amides is 1. The summed E-state index contributed by atoms with van der Waals surface area (Å²) in [5.74, 6) is -0.808. The third-order valence-corrected chi connectivity index (χ3v) is 5.34. The number of aromatic nitrogens is 4. The minimum Gasteiger partial charge on any atom is -0.480 e. The van der Waals surface area contributed by atoms with Crippen LogP contribution >= 0.6 is 0 Å². The molecule has 0 bridgehead atoms. The zero-order valence-corrected chi connectivity index (χ0v) is 13.7. The van der Waals surface area contributed by atoms with Crippen molar-refractivity contribution in [3.8, 4) is 5.69 Å². The molecular formula is C17H19N5O3. The largest absolute Gasteiger partial charge is 0.480 e. The topological polar surface area (TPSA) is 101 Å². The maximum atomic E-state index is 13.0. The van der Waals surface area contributed by atoms with Gasteiger partial charge in [0.1, 0.15) is 12.4 Å². The Morgan fingerprint density at radius 2 is 1.88 bits per heavy atom. The number of carboxylic acid groups (broad SMARTS) is 1. The fraction of sp³-hybridized carbons (Fsp3) is 0.471. The Morgan fingerprint density at radius 1 is 1.12 bits per heavy atom. The molecule has 0 unspecified atom stereocenters. The van der Waals surface area contributed by atoms with Crippen molar-refractivity contribution >= 4 is 11.9 Å². The van der Waals surface area contributed by atoms with Crippen LogP contribution in [0.4, 0.5) is 0 Å². The lowest BCUT2D eigenvalue weighted by Gasteiger charge is -2.33. The highest BCUT2D eigenvalue weighted by molar-refractivity contribution is 5.97. The first-order valence-electron chi connectivity index (χ1n) is 8.54. The van der Waals surface area contributed by atoms with Gasteiger partial charge in [-0.05, 0) is 59.9 Å². The second kappa shape index (κ2) is 6.27. The number of carbonyl (C=O) groups excluding carboxylic acids is 1. The van der Waals surface area contributed by atoms with E-state index in [1.54, 1.807) is 29.2 Å². The number of carboxylic acids is 1. The molecule has 1 amide bonds. The first-order chi connectivity index (χ1) is 12.1. The normalized spacial score (nSPS) is 25.6. The van der Waals surface area contributed by atoms with Gasteiger partial charge in [-0.15, -0.1) is 5.10 Å². The summed E-state index contributed by atoms with van der Waals surface area (Å²) in [5, 5.41) is 20.6. The lowest BCUT2D eigenvalue weighted by molar-refractivity contribution is -0.141. The maximum Gasteiger partial charge on any atom is 0.326 e. The number of fused-ring (bicyclic) bond motifs is 1. The van der Waals surface area contributed by atoms with E-state index in [1.807, 2.05) is 0 Å². The molecule has 2 aliphatic rings. The lowest BCUT2D eigenvalue weighted by Crippen LogP contribution is -2.46. The first-order valence-corrected chi connectivity index (χ1v) is 8.54. The van der Waals surface area contributed by atoms with Gasteiger partial charge in [0.05, 0.1) is 5.69 Å². The highest BCUT2D eigenvalue weighted by atomic mass is 16.4. The summed E-state index contributed by atoms with van der Waals surface area (Å²) in [4.78, 5) is 26.3. The van der Waals surface area contributed by atoms with Crippen LogP contribution in [0.2, 0.25) is 0 Å². The summed E-state index contributed by atoms with van der Waals surface area (Å²) < 4.78 is 1.50. The predicted molar refractivity (Wildman–Crippen MR) is 87.1 cm³/mol. The highest BCUT2D eigenvalue weighted by Crippen LogP contribution is 2.40. The molecule has 1 saturated heterocycles. The van der Waals surface area contributed by atoms with E-state index >= 15 is 0 Å². The monoisotopic (exact) mass is 341 g/mol. The second-order valence-corrected chi connectivity index (χ2v) is 6.72. The van der Waals surface area contributed by atoms with Gasteiger partial charge in [0, 0.05) is 11.6 Å². The van der Waals surface area contributed by atoms with Gasteiger partial charge in [-0.25, -0.2) is 9.48 Å². The fourth-order valence-corrected chi connectivity index (χ4v) is 4.16. The number of aliphatic carboxylic acids is 1. The summed E-state index contributed by atoms with van der Waals surface area (Å²) in [6.07, 6.45) is 6.11. The van der Waals surface area contributed by atoms with Crippen molar-refractivity contribution in [3.63, 3.8) is 0 Å². The van der Waals surface area contributed by atoms with Crippen molar-refractivity contribution in [2.75, 3.05) is 0 Å². The number of nitrogens with zero attached hydrogens (tertiary/aromatic N) is 5. The van der Waals surface area contributed by atoms with Crippen molar-refractivity contribution in [2.24, 2.45) is 5.92 Å². The standard InChI is InChI=1S/C17H19N5O3/c23-16(11-5-7-13(8-6-11)21-10-18-19-20-21)22-14-4-2-1-3-12(14)9-15(22)17(24)25/h5-8,10,12,14-15H,1-4,9H2,(H,24,25)/t12-,14-,15-/m0/s1. The number of tetrazole rings is 1. The summed E-state index contributed by atoms with van der Waals surface area (Å²) in [5.41, 5.74) is 1.24. The molecule has 0 spiro atoms. The molecule has 1 N–H and O–H groups in total. The van der Waals surface area contributed by atoms with Crippen LogP contribution in [-0.4, -0.2) is 54.2 Å². The molecule has 1 aromatic carbocycles. The average molecular weight is 341 g/mol. The second-order valence-electron chi connectivity index (χ2n) is 6.72. The van der Waals surface area contributed by atoms with E-state index in [4.69, 9.17) is 0 Å². The van der Waals surface area contributed by atoms with Gasteiger partial charge >= 0.3 is 5.97 Å². The van der Waals surface area contributed by atoms with Crippen LogP contribution in [0.15, 0.2) is 30.6 Å². The number of hydrogen-bond donors (Lipinski definition) is 1. The van der Waals surface area contributed by atoms with Crippen molar-refractivity contribution in [1.82, 2.24) is 25.1 Å². The molecule has 1 aliphatic heterocycles. The molecule has 1 aromatic heterocycles. The molecule has 0 radical (unpaired) electrons. The highest BCUT2D eigenvalue weighted by Gasteiger charge is 2.47. The average Bonchev–Trinajstić information content (AvgIpc) is 3.29. The molecule has 8 heteroatoms. The van der Waals surface area contributed by atoms with Crippen molar-refractivity contribution in [2.45, 2.75) is 44.2 Å². The third kappa shape index (κ3) is 2.77. The van der Waals surface area contributed by atoms with Gasteiger partial charge < -0.3 is 10.0 Å². The minimum atomic E-state index is -0.909. The molecule has 1 aliphatic carbocycles. The number of hydrogen-bond acceptors (Lipinski definition) is 5. The zero-order chi connectivity index (χ0) is 17.4. The molecule has 8 nitrogen and oxygen atoms in total. The Kier molecular flexibility index (Phi) is 3.95. The van der Waals surface area contributed by atoms with Crippen LogP contribution in [0.5, 0.6) is 0 Å². The van der Waals surface area contributed by atoms with E-state index in [9.17, 15) is 14.7 Å². The Morgan fingerprint density at radius 3 is 2.56 bits per heavy atom. The van der Waals surface area contributed by atoms with Gasteiger partial charge in [0.25, 0.3) is 5.91 Å². The first kappa shape index (κ1) is 15.7. The number of rotatable bonds is 3. The molecule has 2 heterocycles. The van der Waals surface area contributed by atoms with Crippen LogP contribution < -0.4 is 0 Å². The van der Waals surface area contributed by atoms with Crippen LogP contribution in [0.1, 0.15) is 42.5 Å². The lowest BCUT2D eigenvalue weighted by atomic mass is 9.84. The number of benzene rings is 1. The van der Waals surface area contributed by atoms with Gasteiger partial charge in [0.15, 0.2) is 0 Å². The van der Waals surface area contributed by atoms with E-state index < -0.39 is 12.0 Å². The SMILES string of the molecule is O=C(O)[C@@H]1C[C@@H]2CCCC[C@@H]2N1C(=O)c1ccc(-n2cnnn2)cc1. The summed E-state index contributed by atoms with van der Waals surface area (Å²) in [6, 6.07) is 6.24. The van der Waals surface area contributed by atoms with E-state index in [0.29, 0.717) is 17.9 Å². The maximum absolute atomic E-state index is 13.0. The van der Waals surface area contributed by atoms with E-state index in [-0.39, 0.29) is 11.9 Å². The van der Waals surface area contributed by atoms with E-state index in [1.165, 1.54) is 11.0 Å². The Bertz CT molecular complexity index is 774. The van der Waals surface area contributed by atoms with E-state index in [0.717, 1.165) is 31.4 Å². The van der Waals surface area contributed by atoms with Gasteiger partial charge in [-0.1, -0.05) is 12.8 Å². The predicted octanol–water partition coefficient (Wildman–Crippen LogP) is 1.52. The molecule has 2 aromatic rings. The van der Waals surface area contributed by atoms with Gasteiger partial charge in [0.2, 0.25) is 0 Å². The molecular weight excluding hydrogens is 322 g/mol.